The third kappa shape index (κ3) is 4.47. The molecule has 3 aromatic carbocycles. The predicted octanol–water partition coefficient (Wildman–Crippen LogP) is 3.87. The number of nitrogens with zero attached hydrogens (tertiary/aromatic N) is 1. The fourth-order valence-corrected chi connectivity index (χ4v) is 5.33. The maximum Gasteiger partial charge on any atom is 0.121 e. The molecule has 2 heterocycles. The van der Waals surface area contributed by atoms with E-state index in [9.17, 15) is 5.11 Å². The number of aliphatic hydroxyl groups excluding tert-OH is 1. The number of hydrogen-bond acceptors (Lipinski definition) is 2. The van der Waals surface area contributed by atoms with Crippen LogP contribution in [0.25, 0.3) is 33.3 Å². The van der Waals surface area contributed by atoms with Crippen LogP contribution < -0.4 is 4.90 Å². The summed E-state index contributed by atoms with van der Waals surface area (Å²) in [5.74, 6) is 0. The molecule has 0 spiro atoms. The van der Waals surface area contributed by atoms with Gasteiger partial charge in [-0.15, -0.1) is 0 Å². The molecule has 1 aromatic heterocycles. The molecule has 33 heavy (non-hydrogen) atoms. The van der Waals surface area contributed by atoms with Crippen LogP contribution in [-0.2, 0) is 11.3 Å². The molecule has 1 saturated heterocycles. The minimum absolute atomic E-state index is 0.430. The van der Waals surface area contributed by atoms with Crippen LogP contribution in [0.4, 0.5) is 0 Å². The molecule has 1 aliphatic rings. The molecule has 0 saturated carbocycles. The number of quaternary nitrogens is 1. The highest BCUT2D eigenvalue weighted by Gasteiger charge is 2.25. The molecule has 2 N–H and O–H groups in total. The molecule has 4 heteroatoms. The molecule has 4 nitrogen and oxygen atoms in total. The van der Waals surface area contributed by atoms with Crippen molar-refractivity contribution in [1.29, 1.82) is 0 Å². The Kier molecular flexibility index (Phi) is 6.32. The highest BCUT2D eigenvalue weighted by atomic mass is 16.5. The van der Waals surface area contributed by atoms with Crippen molar-refractivity contribution in [3.8, 4) is 22.4 Å². The van der Waals surface area contributed by atoms with Gasteiger partial charge >= 0.3 is 0 Å². The molecule has 0 amide bonds. The highest BCUT2D eigenvalue weighted by Crippen LogP contribution is 2.42. The molecule has 0 aliphatic carbocycles. The third-order valence-corrected chi connectivity index (χ3v) is 6.72. The zero-order chi connectivity index (χ0) is 22.8. The zero-order valence-electron chi connectivity index (χ0n) is 19.6. The van der Waals surface area contributed by atoms with Gasteiger partial charge in [0, 0.05) is 10.9 Å². The summed E-state index contributed by atoms with van der Waals surface area (Å²) >= 11 is 0. The topological polar surface area (TPSA) is 38.8 Å². The fraction of sp³-hybridized carbons (Fsp3) is 0.310. The second-order valence-electron chi connectivity index (χ2n) is 9.26. The lowest BCUT2D eigenvalue weighted by atomic mass is 9.97. The number of fused-ring (bicyclic) bond motifs is 1. The van der Waals surface area contributed by atoms with E-state index >= 15 is 0 Å². The second kappa shape index (κ2) is 9.52. The quantitative estimate of drug-likeness (QED) is 0.477. The molecular formula is C29H33N2O2+. The van der Waals surface area contributed by atoms with E-state index in [4.69, 9.17) is 4.74 Å². The largest absolute Gasteiger partial charge is 0.385 e. The fourth-order valence-electron chi connectivity index (χ4n) is 5.33. The van der Waals surface area contributed by atoms with Gasteiger partial charge in [0.15, 0.2) is 0 Å². The van der Waals surface area contributed by atoms with Crippen molar-refractivity contribution >= 4 is 10.9 Å². The first kappa shape index (κ1) is 21.9. The Hall–Kier alpha value is -2.92. The first-order chi connectivity index (χ1) is 16.1. The molecule has 1 aliphatic heterocycles. The van der Waals surface area contributed by atoms with Gasteiger partial charge < -0.3 is 19.3 Å². The van der Waals surface area contributed by atoms with Crippen LogP contribution >= 0.6 is 0 Å². The lowest BCUT2D eigenvalue weighted by Crippen LogP contribution is -3.15. The number of nitrogens with one attached hydrogen (secondary N) is 1. The summed E-state index contributed by atoms with van der Waals surface area (Å²) in [6.45, 7) is 9.14. The number of aromatic nitrogens is 1. The molecular weight excluding hydrogens is 408 g/mol. The molecule has 1 atom stereocenters. The average molecular weight is 442 g/mol. The van der Waals surface area contributed by atoms with Crippen LogP contribution in [-0.4, -0.2) is 48.6 Å². The van der Waals surface area contributed by atoms with Gasteiger partial charge in [-0.25, -0.2) is 0 Å². The minimum atomic E-state index is -0.430. The van der Waals surface area contributed by atoms with E-state index in [-0.39, 0.29) is 0 Å². The molecule has 170 valence electrons. The van der Waals surface area contributed by atoms with Gasteiger partial charge in [0.05, 0.1) is 31.0 Å². The standard InChI is InChI=1S/C29H32N2O2/c1-21-17-22(2)28-26(18-21)27(23-9-5-3-6-10-23)29(24-11-7-4-8-12-24)31(28)20-25(32)19-30-13-15-33-16-14-30/h3-12,17-18,25,32H,13-16,19-20H2,1-2H3/p+1/t25-/m0/s1. The maximum absolute atomic E-state index is 11.2. The van der Waals surface area contributed by atoms with Gasteiger partial charge in [0.1, 0.15) is 25.7 Å². The van der Waals surface area contributed by atoms with Crippen LogP contribution in [0.5, 0.6) is 0 Å². The summed E-state index contributed by atoms with van der Waals surface area (Å²) in [5.41, 5.74) is 8.53. The van der Waals surface area contributed by atoms with Crippen LogP contribution in [0.2, 0.25) is 0 Å². The summed E-state index contributed by atoms with van der Waals surface area (Å²) < 4.78 is 7.87. The van der Waals surface area contributed by atoms with Crippen LogP contribution in [0, 0.1) is 13.8 Å². The number of benzene rings is 3. The van der Waals surface area contributed by atoms with E-state index < -0.39 is 6.10 Å². The van der Waals surface area contributed by atoms with E-state index in [2.05, 4.69) is 91.2 Å². The minimum Gasteiger partial charge on any atom is -0.385 e. The van der Waals surface area contributed by atoms with Gasteiger partial charge in [-0.1, -0.05) is 72.3 Å². The SMILES string of the molecule is Cc1cc(C)c2c(c1)c(-c1ccccc1)c(-c1ccccc1)n2C[C@@H](O)C[NH+]1CCOCC1. The maximum atomic E-state index is 11.2. The summed E-state index contributed by atoms with van der Waals surface area (Å²) in [6, 6.07) is 25.8. The van der Waals surface area contributed by atoms with E-state index in [0.29, 0.717) is 6.54 Å². The Labute approximate surface area is 196 Å². The number of aryl methyl sites for hydroxylation is 2. The van der Waals surface area contributed by atoms with Crippen molar-refractivity contribution in [3.05, 3.63) is 83.9 Å². The number of rotatable bonds is 6. The van der Waals surface area contributed by atoms with Gasteiger partial charge in [0.2, 0.25) is 0 Å². The Bertz CT molecular complexity index is 1230. The first-order valence-corrected chi connectivity index (χ1v) is 12.0. The van der Waals surface area contributed by atoms with E-state index in [1.807, 2.05) is 0 Å². The van der Waals surface area contributed by atoms with Crippen molar-refractivity contribution in [2.24, 2.45) is 0 Å². The van der Waals surface area contributed by atoms with Crippen LogP contribution in [0.1, 0.15) is 11.1 Å². The lowest BCUT2D eigenvalue weighted by molar-refractivity contribution is -0.911. The van der Waals surface area contributed by atoms with E-state index in [1.54, 1.807) is 0 Å². The number of morpholine rings is 1. The zero-order valence-corrected chi connectivity index (χ0v) is 19.6. The van der Waals surface area contributed by atoms with Crippen LogP contribution in [0.3, 0.4) is 0 Å². The van der Waals surface area contributed by atoms with Crippen molar-refractivity contribution < 1.29 is 14.7 Å². The summed E-state index contributed by atoms with van der Waals surface area (Å²) in [6.07, 6.45) is -0.430. The smallest absolute Gasteiger partial charge is 0.121 e. The number of aliphatic hydroxyl groups is 1. The summed E-state index contributed by atoms with van der Waals surface area (Å²) in [4.78, 5) is 1.42. The average Bonchev–Trinajstić information content (AvgIpc) is 3.14. The second-order valence-corrected chi connectivity index (χ2v) is 9.26. The van der Waals surface area contributed by atoms with Gasteiger partial charge in [0.25, 0.3) is 0 Å². The molecule has 0 unspecified atom stereocenters. The Morgan fingerprint density at radius 3 is 2.21 bits per heavy atom. The molecule has 1 fully saturated rings. The Morgan fingerprint density at radius 1 is 0.909 bits per heavy atom. The Morgan fingerprint density at radius 2 is 1.55 bits per heavy atom. The highest BCUT2D eigenvalue weighted by molar-refractivity contribution is 6.06. The van der Waals surface area contributed by atoms with E-state index in [1.165, 1.54) is 49.3 Å². The van der Waals surface area contributed by atoms with Crippen molar-refractivity contribution in [2.75, 3.05) is 32.8 Å². The summed E-state index contributed by atoms with van der Waals surface area (Å²) in [7, 11) is 0. The first-order valence-electron chi connectivity index (χ1n) is 12.0. The lowest BCUT2D eigenvalue weighted by Gasteiger charge is -2.26. The van der Waals surface area contributed by atoms with Crippen molar-refractivity contribution in [2.45, 2.75) is 26.5 Å². The van der Waals surface area contributed by atoms with Gasteiger partial charge in [-0.3, -0.25) is 0 Å². The molecule has 5 rings (SSSR count). The van der Waals surface area contributed by atoms with Crippen molar-refractivity contribution in [3.63, 3.8) is 0 Å². The number of ether oxygens (including phenoxy) is 1. The number of hydrogen-bond donors (Lipinski definition) is 2. The monoisotopic (exact) mass is 441 g/mol. The summed E-state index contributed by atoms with van der Waals surface area (Å²) in [5, 5.41) is 12.5. The van der Waals surface area contributed by atoms with Crippen molar-refractivity contribution in [1.82, 2.24) is 4.57 Å². The third-order valence-electron chi connectivity index (χ3n) is 6.72. The Balaban J connectivity index is 1.70. The van der Waals surface area contributed by atoms with Gasteiger partial charge in [-0.05, 0) is 36.6 Å². The molecule has 0 bridgehead atoms. The predicted molar refractivity (Wildman–Crippen MR) is 135 cm³/mol. The normalized spacial score (nSPS) is 15.7. The molecule has 0 radical (unpaired) electrons. The van der Waals surface area contributed by atoms with E-state index in [0.717, 1.165) is 32.8 Å². The molecule has 4 aromatic rings. The van der Waals surface area contributed by atoms with Gasteiger partial charge in [-0.2, -0.15) is 0 Å². The van der Waals surface area contributed by atoms with Crippen LogP contribution in [0.15, 0.2) is 72.8 Å².